The maximum absolute atomic E-state index is 8.30. The van der Waals surface area contributed by atoms with E-state index in [1.807, 2.05) is 18.2 Å². The number of halogens is 2. The van der Waals surface area contributed by atoms with Crippen LogP contribution in [-0.2, 0) is 0 Å². The molecule has 0 spiro atoms. The first-order valence-corrected chi connectivity index (χ1v) is 4.43. The molecule has 1 rings (SSSR count). The van der Waals surface area contributed by atoms with Crippen molar-refractivity contribution in [2.24, 2.45) is 0 Å². The van der Waals surface area contributed by atoms with E-state index in [9.17, 15) is 0 Å². The van der Waals surface area contributed by atoms with Gasteiger partial charge in [0.25, 0.3) is 0 Å². The molecule has 0 bridgehead atoms. The van der Waals surface area contributed by atoms with Crippen LogP contribution in [0, 0.1) is 11.3 Å². The van der Waals surface area contributed by atoms with Crippen LogP contribution in [0.2, 0.25) is 5.02 Å². The first kappa shape index (κ1) is 9.31. The van der Waals surface area contributed by atoms with Gasteiger partial charge in [-0.2, -0.15) is 5.26 Å². The van der Waals surface area contributed by atoms with Crippen LogP contribution in [0.25, 0.3) is 6.08 Å². The van der Waals surface area contributed by atoms with Crippen LogP contribution >= 0.6 is 27.5 Å². The number of hydrogen-bond donors (Lipinski definition) is 0. The van der Waals surface area contributed by atoms with Gasteiger partial charge in [0.05, 0.1) is 11.1 Å². The van der Waals surface area contributed by atoms with E-state index < -0.39 is 0 Å². The molecule has 12 heavy (non-hydrogen) atoms. The molecule has 1 aromatic rings. The Morgan fingerprint density at radius 3 is 2.92 bits per heavy atom. The molecule has 0 unspecified atom stereocenters. The lowest BCUT2D eigenvalue weighted by atomic mass is 10.2. The maximum Gasteiger partial charge on any atom is 0.0912 e. The molecule has 0 radical (unpaired) electrons. The van der Waals surface area contributed by atoms with Gasteiger partial charge in [-0.1, -0.05) is 23.7 Å². The average molecular weight is 243 g/mol. The van der Waals surface area contributed by atoms with Gasteiger partial charge in [-0.3, -0.25) is 0 Å². The van der Waals surface area contributed by atoms with Crippen molar-refractivity contribution in [3.63, 3.8) is 0 Å². The number of allylic oxidation sites excluding steroid dienone is 1. The van der Waals surface area contributed by atoms with Crippen molar-refractivity contribution in [1.82, 2.24) is 0 Å². The highest BCUT2D eigenvalue weighted by atomic mass is 79.9. The summed E-state index contributed by atoms with van der Waals surface area (Å²) in [5.41, 5.74) is 0.907. The van der Waals surface area contributed by atoms with Gasteiger partial charge >= 0.3 is 0 Å². The van der Waals surface area contributed by atoms with E-state index in [1.54, 1.807) is 12.1 Å². The van der Waals surface area contributed by atoms with Gasteiger partial charge in [-0.25, -0.2) is 0 Å². The second-order valence-electron chi connectivity index (χ2n) is 2.11. The molecule has 0 N–H and O–H groups in total. The summed E-state index contributed by atoms with van der Waals surface area (Å²) >= 11 is 9.15. The van der Waals surface area contributed by atoms with Crippen molar-refractivity contribution < 1.29 is 0 Å². The van der Waals surface area contributed by atoms with E-state index in [0.29, 0.717) is 5.02 Å². The summed E-state index contributed by atoms with van der Waals surface area (Å²) in [4.78, 5) is 0. The molecule has 0 saturated carbocycles. The Kier molecular flexibility index (Phi) is 3.33. The Morgan fingerprint density at radius 2 is 2.25 bits per heavy atom. The molecule has 0 aliphatic rings. The summed E-state index contributed by atoms with van der Waals surface area (Å²) in [5, 5.41) is 8.95. The summed E-state index contributed by atoms with van der Waals surface area (Å²) in [5.74, 6) is 0. The van der Waals surface area contributed by atoms with E-state index in [-0.39, 0.29) is 0 Å². The van der Waals surface area contributed by atoms with Crippen molar-refractivity contribution in [2.45, 2.75) is 0 Å². The van der Waals surface area contributed by atoms with Crippen LogP contribution in [0.5, 0.6) is 0 Å². The molecule has 3 heteroatoms. The van der Waals surface area contributed by atoms with Crippen LogP contribution in [0.3, 0.4) is 0 Å². The highest BCUT2D eigenvalue weighted by Gasteiger charge is 1.98. The van der Waals surface area contributed by atoms with Crippen LogP contribution in [-0.4, -0.2) is 0 Å². The molecule has 0 aliphatic heterocycles. The van der Waals surface area contributed by atoms with Crippen molar-refractivity contribution in [2.75, 3.05) is 0 Å². The van der Waals surface area contributed by atoms with Gasteiger partial charge in [0.15, 0.2) is 0 Å². The number of nitriles is 1. The Hall–Kier alpha value is -0.780. The van der Waals surface area contributed by atoms with E-state index in [4.69, 9.17) is 16.9 Å². The minimum atomic E-state index is 0.648. The predicted octanol–water partition coefficient (Wildman–Crippen LogP) is 3.64. The standard InChI is InChI=1S/C9H5BrClN/c10-9-7(4-2-6-12)3-1-5-8(9)11/h1-5H. The molecular weight excluding hydrogens is 237 g/mol. The third-order valence-electron chi connectivity index (χ3n) is 1.32. The molecule has 0 aromatic heterocycles. The smallest absolute Gasteiger partial charge is 0.0912 e. The molecule has 0 saturated heterocycles. The Morgan fingerprint density at radius 1 is 1.50 bits per heavy atom. The highest BCUT2D eigenvalue weighted by Crippen LogP contribution is 2.26. The summed E-state index contributed by atoms with van der Waals surface area (Å²) in [6.07, 6.45) is 3.12. The molecule has 0 amide bonds. The van der Waals surface area contributed by atoms with Gasteiger partial charge in [-0.05, 0) is 33.6 Å². The molecule has 0 aliphatic carbocycles. The summed E-state index contributed by atoms with van der Waals surface area (Å²) < 4.78 is 0.818. The SMILES string of the molecule is N#CC=Cc1cccc(Cl)c1Br. The van der Waals surface area contributed by atoms with Crippen molar-refractivity contribution >= 4 is 33.6 Å². The van der Waals surface area contributed by atoms with Gasteiger partial charge in [0.1, 0.15) is 0 Å². The molecule has 0 fully saturated rings. The fraction of sp³-hybridized carbons (Fsp3) is 0. The van der Waals surface area contributed by atoms with Crippen LogP contribution in [0.15, 0.2) is 28.7 Å². The minimum Gasteiger partial charge on any atom is -0.193 e. The van der Waals surface area contributed by atoms with E-state index in [1.165, 1.54) is 6.08 Å². The van der Waals surface area contributed by atoms with Crippen molar-refractivity contribution in [3.05, 3.63) is 39.3 Å². The number of nitrogens with zero attached hydrogens (tertiary/aromatic N) is 1. The average Bonchev–Trinajstić information content (AvgIpc) is 2.08. The fourth-order valence-electron chi connectivity index (χ4n) is 0.776. The number of benzene rings is 1. The summed E-state index contributed by atoms with van der Waals surface area (Å²) in [7, 11) is 0. The Balaban J connectivity index is 3.10. The zero-order valence-electron chi connectivity index (χ0n) is 6.09. The normalized spacial score (nSPS) is 10.1. The molecule has 0 atom stereocenters. The molecule has 0 heterocycles. The highest BCUT2D eigenvalue weighted by molar-refractivity contribution is 9.10. The summed E-state index contributed by atoms with van der Waals surface area (Å²) in [6.45, 7) is 0. The van der Waals surface area contributed by atoms with Gasteiger partial charge in [-0.15, -0.1) is 0 Å². The topological polar surface area (TPSA) is 23.8 Å². The lowest BCUT2D eigenvalue weighted by Gasteiger charge is -1.98. The monoisotopic (exact) mass is 241 g/mol. The third-order valence-corrected chi connectivity index (χ3v) is 2.75. The number of hydrogen-bond acceptors (Lipinski definition) is 1. The van der Waals surface area contributed by atoms with Crippen molar-refractivity contribution in [1.29, 1.82) is 5.26 Å². The van der Waals surface area contributed by atoms with Crippen LogP contribution in [0.1, 0.15) is 5.56 Å². The Bertz CT molecular complexity index is 352. The van der Waals surface area contributed by atoms with Crippen LogP contribution in [0.4, 0.5) is 0 Å². The van der Waals surface area contributed by atoms with E-state index >= 15 is 0 Å². The second kappa shape index (κ2) is 4.30. The first-order chi connectivity index (χ1) is 5.75. The quantitative estimate of drug-likeness (QED) is 0.690. The molecular formula is C9H5BrClN. The van der Waals surface area contributed by atoms with E-state index in [2.05, 4.69) is 15.9 Å². The van der Waals surface area contributed by atoms with E-state index in [0.717, 1.165) is 10.0 Å². The maximum atomic E-state index is 8.30. The fourth-order valence-corrected chi connectivity index (χ4v) is 1.35. The van der Waals surface area contributed by atoms with Crippen molar-refractivity contribution in [3.8, 4) is 6.07 Å². The molecule has 1 nitrogen and oxygen atoms in total. The molecule has 1 aromatic carbocycles. The van der Waals surface area contributed by atoms with Gasteiger partial charge in [0.2, 0.25) is 0 Å². The summed E-state index contributed by atoms with van der Waals surface area (Å²) in [6, 6.07) is 7.42. The Labute approximate surface area is 84.4 Å². The van der Waals surface area contributed by atoms with Crippen LogP contribution < -0.4 is 0 Å². The lowest BCUT2D eigenvalue weighted by Crippen LogP contribution is -1.75. The first-order valence-electron chi connectivity index (χ1n) is 3.26. The third kappa shape index (κ3) is 2.10. The number of rotatable bonds is 1. The minimum absolute atomic E-state index is 0.648. The molecule has 60 valence electrons. The lowest BCUT2D eigenvalue weighted by molar-refractivity contribution is 1.53. The predicted molar refractivity (Wildman–Crippen MR) is 53.8 cm³/mol. The largest absolute Gasteiger partial charge is 0.193 e. The van der Waals surface area contributed by atoms with Gasteiger partial charge in [0, 0.05) is 10.5 Å². The zero-order chi connectivity index (χ0) is 8.97. The zero-order valence-corrected chi connectivity index (χ0v) is 8.43. The second-order valence-corrected chi connectivity index (χ2v) is 3.31. The van der Waals surface area contributed by atoms with Gasteiger partial charge < -0.3 is 0 Å².